The maximum Gasteiger partial charge on any atom is 0.251 e. The smallest absolute Gasteiger partial charge is 0.251 e. The van der Waals surface area contributed by atoms with E-state index in [4.69, 9.17) is 0 Å². The SMILES string of the molecule is CNC(C)C(=O)NC(C(=O)N1CCCC1CNC(=O)c1cccc2ccccc12)C(C)(C)C. The van der Waals surface area contributed by atoms with Gasteiger partial charge in [-0.1, -0.05) is 57.2 Å². The lowest BCUT2D eigenvalue weighted by Gasteiger charge is -2.36. The summed E-state index contributed by atoms with van der Waals surface area (Å²) in [6.45, 7) is 8.62. The maximum absolute atomic E-state index is 13.5. The van der Waals surface area contributed by atoms with Gasteiger partial charge in [-0.3, -0.25) is 14.4 Å². The molecule has 0 spiro atoms. The van der Waals surface area contributed by atoms with Crippen LogP contribution in [0.15, 0.2) is 42.5 Å². The van der Waals surface area contributed by atoms with Crippen LogP contribution in [0.3, 0.4) is 0 Å². The molecule has 7 heteroatoms. The summed E-state index contributed by atoms with van der Waals surface area (Å²) in [5.41, 5.74) is 0.185. The molecular formula is C26H36N4O3. The third-order valence-corrected chi connectivity index (χ3v) is 6.42. The number of fused-ring (bicyclic) bond motifs is 1. The fraction of sp³-hybridized carbons (Fsp3) is 0.500. The zero-order valence-electron chi connectivity index (χ0n) is 20.3. The monoisotopic (exact) mass is 452 g/mol. The van der Waals surface area contributed by atoms with Crippen molar-refractivity contribution < 1.29 is 14.4 Å². The van der Waals surface area contributed by atoms with Crippen LogP contribution in [0.2, 0.25) is 0 Å². The van der Waals surface area contributed by atoms with Crippen molar-refractivity contribution in [2.45, 2.75) is 58.7 Å². The summed E-state index contributed by atoms with van der Waals surface area (Å²) < 4.78 is 0. The number of likely N-dealkylation sites (N-methyl/N-ethyl adjacent to an activating group) is 1. The highest BCUT2D eigenvalue weighted by atomic mass is 16.2. The van der Waals surface area contributed by atoms with Crippen LogP contribution in [-0.2, 0) is 9.59 Å². The standard InChI is InChI=1S/C26H36N4O3/c1-17(27-5)23(31)29-22(26(2,3)4)25(33)30-15-9-12-19(30)16-28-24(32)21-14-8-11-18-10-6-7-13-20(18)21/h6-8,10-11,13-14,17,19,22,27H,9,12,15-16H2,1-5H3,(H,28,32)(H,29,31). The van der Waals surface area contributed by atoms with Gasteiger partial charge in [-0.25, -0.2) is 0 Å². The van der Waals surface area contributed by atoms with Gasteiger partial charge in [0.25, 0.3) is 5.91 Å². The Hall–Kier alpha value is -2.93. The second-order valence-corrected chi connectivity index (χ2v) is 9.88. The molecule has 3 atom stereocenters. The average Bonchev–Trinajstić information content (AvgIpc) is 3.27. The Morgan fingerprint density at radius 2 is 1.79 bits per heavy atom. The van der Waals surface area contributed by atoms with Crippen LogP contribution < -0.4 is 16.0 Å². The third kappa shape index (κ3) is 5.71. The first-order valence-corrected chi connectivity index (χ1v) is 11.7. The molecule has 0 bridgehead atoms. The summed E-state index contributed by atoms with van der Waals surface area (Å²) in [5.74, 6) is -0.443. The second kappa shape index (κ2) is 10.3. The molecule has 3 rings (SSSR count). The maximum atomic E-state index is 13.5. The quantitative estimate of drug-likeness (QED) is 0.603. The van der Waals surface area contributed by atoms with Gasteiger partial charge in [0.05, 0.1) is 6.04 Å². The highest BCUT2D eigenvalue weighted by molar-refractivity contribution is 6.07. The zero-order valence-corrected chi connectivity index (χ0v) is 20.3. The Balaban J connectivity index is 1.70. The van der Waals surface area contributed by atoms with Gasteiger partial charge in [0, 0.05) is 24.7 Å². The number of rotatable bonds is 7. The first kappa shape index (κ1) is 24.7. The van der Waals surface area contributed by atoms with E-state index in [0.29, 0.717) is 18.7 Å². The summed E-state index contributed by atoms with van der Waals surface area (Å²) >= 11 is 0. The Bertz CT molecular complexity index is 1010. The van der Waals surface area contributed by atoms with Gasteiger partial charge < -0.3 is 20.9 Å². The van der Waals surface area contributed by atoms with E-state index in [1.165, 1.54) is 0 Å². The topological polar surface area (TPSA) is 90.5 Å². The third-order valence-electron chi connectivity index (χ3n) is 6.42. The molecule has 3 N–H and O–H groups in total. The van der Waals surface area contributed by atoms with Crippen molar-refractivity contribution in [2.24, 2.45) is 5.41 Å². The van der Waals surface area contributed by atoms with Crippen LogP contribution in [-0.4, -0.2) is 60.9 Å². The molecule has 1 aliphatic heterocycles. The van der Waals surface area contributed by atoms with Gasteiger partial charge in [-0.05, 0) is 49.1 Å². The highest BCUT2D eigenvalue weighted by Crippen LogP contribution is 2.26. The molecule has 0 saturated carbocycles. The molecule has 1 heterocycles. The molecule has 0 radical (unpaired) electrons. The number of carbonyl (C=O) groups is 3. The fourth-order valence-electron chi connectivity index (χ4n) is 4.28. The first-order valence-electron chi connectivity index (χ1n) is 11.7. The van der Waals surface area contributed by atoms with E-state index in [9.17, 15) is 14.4 Å². The van der Waals surface area contributed by atoms with Crippen LogP contribution in [0.1, 0.15) is 50.9 Å². The predicted octanol–water partition coefficient (Wildman–Crippen LogP) is 2.70. The lowest BCUT2D eigenvalue weighted by molar-refractivity contribution is -0.140. The molecular weight excluding hydrogens is 416 g/mol. The fourth-order valence-corrected chi connectivity index (χ4v) is 4.28. The van der Waals surface area contributed by atoms with Crippen molar-refractivity contribution in [1.82, 2.24) is 20.9 Å². The van der Waals surface area contributed by atoms with Gasteiger partial charge in [0.2, 0.25) is 11.8 Å². The largest absolute Gasteiger partial charge is 0.350 e. The Kier molecular flexibility index (Phi) is 7.74. The molecule has 3 unspecified atom stereocenters. The van der Waals surface area contributed by atoms with E-state index < -0.39 is 17.5 Å². The highest BCUT2D eigenvalue weighted by Gasteiger charge is 2.40. The minimum Gasteiger partial charge on any atom is -0.350 e. The van der Waals surface area contributed by atoms with Crippen LogP contribution in [0.25, 0.3) is 10.8 Å². The van der Waals surface area contributed by atoms with Crippen LogP contribution >= 0.6 is 0 Å². The predicted molar refractivity (Wildman–Crippen MR) is 131 cm³/mol. The molecule has 7 nitrogen and oxygen atoms in total. The molecule has 0 aliphatic carbocycles. The average molecular weight is 453 g/mol. The van der Waals surface area contributed by atoms with Crippen LogP contribution in [0, 0.1) is 5.41 Å². The second-order valence-electron chi connectivity index (χ2n) is 9.88. The minimum absolute atomic E-state index is 0.0962. The van der Waals surface area contributed by atoms with Crippen molar-refractivity contribution in [1.29, 1.82) is 0 Å². The van der Waals surface area contributed by atoms with Gasteiger partial charge in [-0.2, -0.15) is 0 Å². The molecule has 3 amide bonds. The lowest BCUT2D eigenvalue weighted by Crippen LogP contribution is -2.59. The number of benzene rings is 2. The van der Waals surface area contributed by atoms with Crippen LogP contribution in [0.5, 0.6) is 0 Å². The number of amides is 3. The van der Waals surface area contributed by atoms with Crippen molar-refractivity contribution in [3.05, 3.63) is 48.0 Å². The summed E-state index contributed by atoms with van der Waals surface area (Å²) in [5, 5.41) is 10.8. The van der Waals surface area contributed by atoms with Crippen molar-refractivity contribution in [3.63, 3.8) is 0 Å². The van der Waals surface area contributed by atoms with Crippen LogP contribution in [0.4, 0.5) is 0 Å². The minimum atomic E-state index is -0.643. The number of likely N-dealkylation sites (tertiary alicyclic amines) is 1. The van der Waals surface area contributed by atoms with Gasteiger partial charge in [0.1, 0.15) is 6.04 Å². The number of hydrogen-bond acceptors (Lipinski definition) is 4. The summed E-state index contributed by atoms with van der Waals surface area (Å²) in [6.07, 6.45) is 1.69. The van der Waals surface area contributed by atoms with E-state index in [2.05, 4.69) is 16.0 Å². The normalized spacial score (nSPS) is 18.1. The van der Waals surface area contributed by atoms with Crippen molar-refractivity contribution in [2.75, 3.05) is 20.1 Å². The Labute approximate surface area is 196 Å². The summed E-state index contributed by atoms with van der Waals surface area (Å²) in [7, 11) is 1.72. The van der Waals surface area contributed by atoms with Gasteiger partial charge in [0.15, 0.2) is 0 Å². The van der Waals surface area contributed by atoms with Crippen molar-refractivity contribution in [3.8, 4) is 0 Å². The Morgan fingerprint density at radius 1 is 1.09 bits per heavy atom. The molecule has 1 fully saturated rings. The summed E-state index contributed by atoms with van der Waals surface area (Å²) in [6, 6.07) is 12.4. The first-order chi connectivity index (χ1) is 15.6. The molecule has 1 aliphatic rings. The summed E-state index contributed by atoms with van der Waals surface area (Å²) in [4.78, 5) is 40.8. The van der Waals surface area contributed by atoms with E-state index in [0.717, 1.165) is 23.6 Å². The number of carbonyl (C=O) groups excluding carboxylic acids is 3. The number of hydrogen-bond donors (Lipinski definition) is 3. The molecule has 2 aromatic rings. The van der Waals surface area contributed by atoms with E-state index in [1.807, 2.05) is 68.1 Å². The van der Waals surface area contributed by atoms with Gasteiger partial charge in [-0.15, -0.1) is 0 Å². The number of nitrogens with zero attached hydrogens (tertiary/aromatic N) is 1. The van der Waals surface area contributed by atoms with Gasteiger partial charge >= 0.3 is 0 Å². The molecule has 33 heavy (non-hydrogen) atoms. The molecule has 2 aromatic carbocycles. The molecule has 0 aromatic heterocycles. The van der Waals surface area contributed by atoms with E-state index in [-0.39, 0.29) is 23.8 Å². The zero-order chi connectivity index (χ0) is 24.2. The van der Waals surface area contributed by atoms with E-state index >= 15 is 0 Å². The lowest BCUT2D eigenvalue weighted by atomic mass is 9.85. The molecule has 1 saturated heterocycles. The number of nitrogens with one attached hydrogen (secondary N) is 3. The van der Waals surface area contributed by atoms with Crippen molar-refractivity contribution >= 4 is 28.5 Å². The van der Waals surface area contributed by atoms with E-state index in [1.54, 1.807) is 14.0 Å². The molecule has 178 valence electrons. The Morgan fingerprint density at radius 3 is 2.48 bits per heavy atom.